The third-order valence-electron chi connectivity index (χ3n) is 3.16. The van der Waals surface area contributed by atoms with Gasteiger partial charge >= 0.3 is 0 Å². The van der Waals surface area contributed by atoms with E-state index in [2.05, 4.69) is 26.6 Å². The van der Waals surface area contributed by atoms with Crippen molar-refractivity contribution in [2.45, 2.75) is 13.3 Å². The molecule has 0 saturated carbocycles. The molecule has 2 rings (SSSR count). The van der Waals surface area contributed by atoms with E-state index < -0.39 is 5.41 Å². The highest BCUT2D eigenvalue weighted by Crippen LogP contribution is 2.35. The van der Waals surface area contributed by atoms with Crippen LogP contribution in [0.1, 0.15) is 13.3 Å². The SMILES string of the molecule is CC1(C(=O)Nc2c(Cl)cc(Br)cc2Cl)CCNC1. The van der Waals surface area contributed by atoms with Gasteiger partial charge in [0.25, 0.3) is 0 Å². The number of carbonyl (C=O) groups excluding carboxylic acids is 1. The first kappa shape index (κ1) is 14.1. The molecule has 3 nitrogen and oxygen atoms in total. The van der Waals surface area contributed by atoms with Crippen LogP contribution in [0, 0.1) is 5.41 Å². The lowest BCUT2D eigenvalue weighted by molar-refractivity contribution is -0.123. The molecule has 0 aromatic heterocycles. The maximum Gasteiger partial charge on any atom is 0.231 e. The van der Waals surface area contributed by atoms with Gasteiger partial charge in [-0.05, 0) is 32.0 Å². The van der Waals surface area contributed by atoms with Crippen LogP contribution in [0.25, 0.3) is 0 Å². The summed E-state index contributed by atoms with van der Waals surface area (Å²) < 4.78 is 0.782. The summed E-state index contributed by atoms with van der Waals surface area (Å²) in [6.45, 7) is 3.46. The van der Waals surface area contributed by atoms with Crippen molar-refractivity contribution in [3.8, 4) is 0 Å². The Balaban J connectivity index is 2.22. The highest BCUT2D eigenvalue weighted by molar-refractivity contribution is 9.10. The summed E-state index contributed by atoms with van der Waals surface area (Å²) in [5, 5.41) is 6.86. The number of anilines is 1. The van der Waals surface area contributed by atoms with Gasteiger partial charge in [0.05, 0.1) is 21.1 Å². The van der Waals surface area contributed by atoms with Gasteiger partial charge in [-0.3, -0.25) is 4.79 Å². The van der Waals surface area contributed by atoms with Crippen molar-refractivity contribution >= 4 is 50.7 Å². The van der Waals surface area contributed by atoms with Gasteiger partial charge in [0.15, 0.2) is 0 Å². The number of halogens is 3. The summed E-state index contributed by atoms with van der Waals surface area (Å²) in [4.78, 5) is 12.2. The van der Waals surface area contributed by atoms with Gasteiger partial charge in [0, 0.05) is 11.0 Å². The lowest BCUT2D eigenvalue weighted by atomic mass is 9.89. The smallest absolute Gasteiger partial charge is 0.231 e. The van der Waals surface area contributed by atoms with Crippen LogP contribution in [-0.2, 0) is 4.79 Å². The number of amides is 1. The fraction of sp³-hybridized carbons (Fsp3) is 0.417. The van der Waals surface area contributed by atoms with E-state index in [1.807, 2.05) is 6.92 Å². The first-order valence-electron chi connectivity index (χ1n) is 5.59. The van der Waals surface area contributed by atoms with Crippen LogP contribution in [-0.4, -0.2) is 19.0 Å². The summed E-state index contributed by atoms with van der Waals surface area (Å²) >= 11 is 15.5. The zero-order valence-corrected chi connectivity index (χ0v) is 12.9. The molecule has 18 heavy (non-hydrogen) atoms. The Labute approximate surface area is 124 Å². The molecule has 0 spiro atoms. The molecule has 1 saturated heterocycles. The Hall–Kier alpha value is -0.290. The van der Waals surface area contributed by atoms with E-state index in [-0.39, 0.29) is 5.91 Å². The van der Waals surface area contributed by atoms with E-state index in [4.69, 9.17) is 23.2 Å². The van der Waals surface area contributed by atoms with Crippen LogP contribution in [0.4, 0.5) is 5.69 Å². The second-order valence-electron chi connectivity index (χ2n) is 4.69. The molecule has 6 heteroatoms. The minimum absolute atomic E-state index is 0.0568. The maximum atomic E-state index is 12.2. The molecule has 1 amide bonds. The number of hydrogen-bond donors (Lipinski definition) is 2. The van der Waals surface area contributed by atoms with Crippen molar-refractivity contribution < 1.29 is 4.79 Å². The normalized spacial score (nSPS) is 23.1. The zero-order chi connectivity index (χ0) is 13.3. The first-order valence-corrected chi connectivity index (χ1v) is 7.14. The number of carbonyl (C=O) groups is 1. The Bertz CT molecular complexity index is 464. The number of hydrogen-bond acceptors (Lipinski definition) is 2. The summed E-state index contributed by atoms with van der Waals surface area (Å²) in [7, 11) is 0. The van der Waals surface area contributed by atoms with Crippen LogP contribution < -0.4 is 10.6 Å². The van der Waals surface area contributed by atoms with Crippen molar-refractivity contribution in [1.82, 2.24) is 5.32 Å². The maximum absolute atomic E-state index is 12.2. The van der Waals surface area contributed by atoms with Crippen LogP contribution >= 0.6 is 39.1 Å². The average Bonchev–Trinajstić information content (AvgIpc) is 2.71. The second-order valence-corrected chi connectivity index (χ2v) is 6.42. The van der Waals surface area contributed by atoms with E-state index in [1.165, 1.54) is 0 Å². The summed E-state index contributed by atoms with van der Waals surface area (Å²) in [5.41, 5.74) is 0.0689. The Kier molecular flexibility index (Phi) is 4.22. The summed E-state index contributed by atoms with van der Waals surface area (Å²) in [6.07, 6.45) is 0.810. The first-order chi connectivity index (χ1) is 8.42. The molecule has 0 aliphatic carbocycles. The molecule has 1 aromatic carbocycles. The van der Waals surface area contributed by atoms with E-state index in [0.29, 0.717) is 22.3 Å². The lowest BCUT2D eigenvalue weighted by Gasteiger charge is -2.22. The van der Waals surface area contributed by atoms with Crippen molar-refractivity contribution in [2.24, 2.45) is 5.41 Å². The van der Waals surface area contributed by atoms with Gasteiger partial charge in [-0.1, -0.05) is 39.1 Å². The third kappa shape index (κ3) is 2.82. The summed E-state index contributed by atoms with van der Waals surface area (Å²) in [5.74, 6) is -0.0568. The molecule has 0 bridgehead atoms. The predicted octanol–water partition coefficient (Wildman–Crippen LogP) is 3.69. The minimum Gasteiger partial charge on any atom is -0.323 e. The van der Waals surface area contributed by atoms with Crippen molar-refractivity contribution in [3.05, 3.63) is 26.7 Å². The minimum atomic E-state index is -0.403. The standard InChI is InChI=1S/C12H13BrCl2N2O/c1-12(2-3-16-6-12)11(18)17-10-8(14)4-7(13)5-9(10)15/h4-5,16H,2-3,6H2,1H3,(H,17,18). The van der Waals surface area contributed by atoms with Crippen LogP contribution in [0.3, 0.4) is 0 Å². The topological polar surface area (TPSA) is 41.1 Å². The van der Waals surface area contributed by atoms with E-state index in [9.17, 15) is 4.79 Å². The lowest BCUT2D eigenvalue weighted by Crippen LogP contribution is -2.35. The fourth-order valence-electron chi connectivity index (χ4n) is 1.94. The molecule has 1 heterocycles. The number of nitrogens with one attached hydrogen (secondary N) is 2. The zero-order valence-electron chi connectivity index (χ0n) is 9.82. The van der Waals surface area contributed by atoms with Crippen molar-refractivity contribution in [1.29, 1.82) is 0 Å². The predicted molar refractivity (Wildman–Crippen MR) is 78.4 cm³/mol. The Morgan fingerprint density at radius 2 is 2.06 bits per heavy atom. The molecule has 1 aliphatic heterocycles. The van der Waals surface area contributed by atoms with Crippen molar-refractivity contribution in [2.75, 3.05) is 18.4 Å². The van der Waals surface area contributed by atoms with Gasteiger partial charge in [-0.2, -0.15) is 0 Å². The van der Waals surface area contributed by atoms with E-state index in [0.717, 1.165) is 17.4 Å². The average molecular weight is 352 g/mol. The molecule has 1 aliphatic rings. The van der Waals surface area contributed by atoms with Crippen LogP contribution in [0.2, 0.25) is 10.0 Å². The van der Waals surface area contributed by atoms with Gasteiger partial charge in [0.2, 0.25) is 5.91 Å². The van der Waals surface area contributed by atoms with Gasteiger partial charge in [-0.15, -0.1) is 0 Å². The third-order valence-corrected chi connectivity index (χ3v) is 4.22. The van der Waals surface area contributed by atoms with E-state index in [1.54, 1.807) is 12.1 Å². The van der Waals surface area contributed by atoms with Crippen molar-refractivity contribution in [3.63, 3.8) is 0 Å². The summed E-state index contributed by atoms with van der Waals surface area (Å²) in [6, 6.07) is 3.41. The Morgan fingerprint density at radius 3 is 2.56 bits per heavy atom. The molecule has 2 N–H and O–H groups in total. The van der Waals surface area contributed by atoms with Crippen LogP contribution in [0.5, 0.6) is 0 Å². The molecule has 0 radical (unpaired) electrons. The van der Waals surface area contributed by atoms with Gasteiger partial charge in [-0.25, -0.2) is 0 Å². The molecule has 1 aromatic rings. The highest BCUT2D eigenvalue weighted by atomic mass is 79.9. The molecule has 1 fully saturated rings. The quantitative estimate of drug-likeness (QED) is 0.853. The van der Waals surface area contributed by atoms with Gasteiger partial charge < -0.3 is 10.6 Å². The van der Waals surface area contributed by atoms with E-state index >= 15 is 0 Å². The number of rotatable bonds is 2. The Morgan fingerprint density at radius 1 is 1.44 bits per heavy atom. The fourth-order valence-corrected chi connectivity index (χ4v) is 3.24. The highest BCUT2D eigenvalue weighted by Gasteiger charge is 2.36. The van der Waals surface area contributed by atoms with Crippen LogP contribution in [0.15, 0.2) is 16.6 Å². The monoisotopic (exact) mass is 350 g/mol. The molecular weight excluding hydrogens is 339 g/mol. The van der Waals surface area contributed by atoms with Gasteiger partial charge in [0.1, 0.15) is 0 Å². The molecular formula is C12H13BrCl2N2O. The second kappa shape index (κ2) is 5.37. The molecule has 98 valence electrons. The molecule has 1 atom stereocenters. The largest absolute Gasteiger partial charge is 0.323 e. The number of benzene rings is 1. The molecule has 1 unspecified atom stereocenters.